The maximum atomic E-state index is 5.88. The lowest BCUT2D eigenvalue weighted by Gasteiger charge is -2.08. The lowest BCUT2D eigenvalue weighted by Crippen LogP contribution is -1.90. The molecule has 11 aromatic rings. The molecule has 0 aliphatic carbocycles. The zero-order chi connectivity index (χ0) is 42.8. The molecule has 0 saturated carbocycles. The van der Waals surface area contributed by atoms with Crippen molar-refractivity contribution in [3.63, 3.8) is 0 Å². The van der Waals surface area contributed by atoms with Gasteiger partial charge in [0.15, 0.2) is 0 Å². The van der Waals surface area contributed by atoms with Crippen LogP contribution in [0.4, 0.5) is 0 Å². The van der Waals surface area contributed by atoms with Crippen LogP contribution in [0.5, 0.6) is 0 Å². The summed E-state index contributed by atoms with van der Waals surface area (Å²) in [6.07, 6.45) is 3.20. The second kappa shape index (κ2) is 14.0. The Morgan fingerprint density at radius 1 is 0.297 bits per heavy atom. The van der Waals surface area contributed by atoms with Crippen molar-refractivity contribution in [1.82, 2.24) is 19.9 Å². The molecule has 0 fully saturated rings. The van der Waals surface area contributed by atoms with Gasteiger partial charge in [0.1, 0.15) is 0 Å². The largest absolute Gasteiger partial charge is 0.354 e. The zero-order valence-corrected chi connectivity index (χ0v) is 36.6. The van der Waals surface area contributed by atoms with Gasteiger partial charge in [-0.25, -0.2) is 9.97 Å². The second-order valence-electron chi connectivity index (χ2n) is 17.7. The van der Waals surface area contributed by atoms with Gasteiger partial charge < -0.3 is 9.97 Å². The highest BCUT2D eigenvalue weighted by Gasteiger charge is 2.28. The normalized spacial score (nSPS) is 12.3. The van der Waals surface area contributed by atoms with Gasteiger partial charge in [-0.2, -0.15) is 0 Å². The van der Waals surface area contributed by atoms with E-state index in [0.717, 1.165) is 70.5 Å². The molecule has 5 heterocycles. The molecule has 0 amide bonds. The number of aromatic nitrogens is 4. The van der Waals surface area contributed by atoms with Crippen molar-refractivity contribution >= 4 is 86.7 Å². The first-order valence-corrected chi connectivity index (χ1v) is 23.1. The maximum absolute atomic E-state index is 5.88. The van der Waals surface area contributed by atoms with Gasteiger partial charge in [-0.15, -0.1) is 0 Å². The number of nitrogens with one attached hydrogen (secondary N) is 2. The van der Waals surface area contributed by atoms with E-state index in [1.165, 1.54) is 109 Å². The van der Waals surface area contributed by atoms with Crippen LogP contribution in [0, 0.1) is 0 Å². The summed E-state index contributed by atoms with van der Waals surface area (Å²) in [4.78, 5) is 20.1. The highest BCUT2D eigenvalue weighted by molar-refractivity contribution is 6.18. The predicted octanol–water partition coefficient (Wildman–Crippen LogP) is 16.2. The fourth-order valence-corrected chi connectivity index (χ4v) is 11.3. The number of hydrogen-bond acceptors (Lipinski definition) is 2. The van der Waals surface area contributed by atoms with Crippen LogP contribution in [0.15, 0.2) is 146 Å². The van der Waals surface area contributed by atoms with Crippen LogP contribution in [-0.4, -0.2) is 19.9 Å². The van der Waals surface area contributed by atoms with Gasteiger partial charge in [-0.3, -0.25) is 0 Å². The zero-order valence-electron chi connectivity index (χ0n) is 36.6. The Bertz CT molecular complexity index is 3500. The van der Waals surface area contributed by atoms with E-state index in [1.54, 1.807) is 0 Å². The molecule has 306 valence electrons. The van der Waals surface area contributed by atoms with E-state index in [-0.39, 0.29) is 0 Å². The molecule has 2 N–H and O–H groups in total. The first-order chi connectivity index (χ1) is 31.5. The number of nitrogens with zero attached hydrogens (tertiary/aromatic N) is 2. The van der Waals surface area contributed by atoms with Gasteiger partial charge in [0.25, 0.3) is 0 Å². The number of H-pyrrole nitrogens is 2. The quantitative estimate of drug-likeness (QED) is 0.186. The smallest absolute Gasteiger partial charge is 0.0769 e. The minimum absolute atomic E-state index is 0.799. The van der Waals surface area contributed by atoms with Crippen molar-refractivity contribution in [3.8, 4) is 45.0 Å². The van der Waals surface area contributed by atoms with Crippen LogP contribution in [-0.2, 0) is 25.7 Å². The van der Waals surface area contributed by atoms with E-state index in [1.807, 2.05) is 0 Å². The Morgan fingerprint density at radius 2 is 0.500 bits per heavy atom. The molecular weight excluding hydrogens is 777 g/mol. The molecule has 0 saturated heterocycles. The summed E-state index contributed by atoms with van der Waals surface area (Å²) in [5.74, 6) is 0. The summed E-state index contributed by atoms with van der Waals surface area (Å²) in [5.41, 5.74) is 18.3. The van der Waals surface area contributed by atoms with Crippen LogP contribution in [0.3, 0.4) is 0 Å². The minimum atomic E-state index is 0.799. The topological polar surface area (TPSA) is 57.4 Å². The van der Waals surface area contributed by atoms with E-state index in [4.69, 9.17) is 9.97 Å². The van der Waals surface area contributed by atoms with Gasteiger partial charge in [0.2, 0.25) is 0 Å². The Balaban J connectivity index is 1.34. The fourth-order valence-electron chi connectivity index (χ4n) is 11.3. The molecule has 13 rings (SSSR count). The van der Waals surface area contributed by atoms with Gasteiger partial charge >= 0.3 is 0 Å². The third kappa shape index (κ3) is 5.23. The van der Waals surface area contributed by atoms with Crippen LogP contribution < -0.4 is 0 Å². The molecule has 8 aromatic carbocycles. The molecule has 0 radical (unpaired) electrons. The number of hydrogen-bond donors (Lipinski definition) is 2. The van der Waals surface area contributed by atoms with Crippen molar-refractivity contribution in [2.45, 2.75) is 53.4 Å². The molecule has 2 aliphatic rings. The van der Waals surface area contributed by atoms with Crippen LogP contribution >= 0.6 is 0 Å². The van der Waals surface area contributed by atoms with E-state index in [2.05, 4.69) is 183 Å². The van der Waals surface area contributed by atoms with Crippen molar-refractivity contribution in [1.29, 1.82) is 0 Å². The maximum Gasteiger partial charge on any atom is 0.0769 e. The van der Waals surface area contributed by atoms with Crippen molar-refractivity contribution in [2.75, 3.05) is 0 Å². The van der Waals surface area contributed by atoms with Gasteiger partial charge in [-0.1, -0.05) is 125 Å². The molecule has 4 nitrogen and oxygen atoms in total. The molecule has 4 heteroatoms. The molecule has 0 atom stereocenters. The Labute approximate surface area is 371 Å². The van der Waals surface area contributed by atoms with E-state index in [0.29, 0.717) is 0 Å². The SMILES string of the molecule is CCc1c2nc(c(CC)c3[nH]c(c(CC)c4nc(c(CC)c5[nH]c1c1cc6ccccc6cc51)-c1cc5ccccc5cc1-4)c1cc4ccccc4cc31)-c1cc3ccccc3cc1-2. The van der Waals surface area contributed by atoms with Gasteiger partial charge in [0.05, 0.1) is 44.8 Å². The molecule has 8 bridgehead atoms. The Hall–Kier alpha value is -7.56. The number of rotatable bonds is 4. The first-order valence-electron chi connectivity index (χ1n) is 23.1. The highest BCUT2D eigenvalue weighted by Crippen LogP contribution is 2.48. The van der Waals surface area contributed by atoms with E-state index in [9.17, 15) is 0 Å². The average molecular weight is 823 g/mol. The lowest BCUT2D eigenvalue weighted by atomic mass is 9.93. The summed E-state index contributed by atoms with van der Waals surface area (Å²) in [6.45, 7) is 9.16. The number of fused-ring (bicyclic) bond motifs is 24. The summed E-state index contributed by atoms with van der Waals surface area (Å²) >= 11 is 0. The Kier molecular flexibility index (Phi) is 8.09. The predicted molar refractivity (Wildman–Crippen MR) is 272 cm³/mol. The molecule has 3 aromatic heterocycles. The average Bonchev–Trinajstić information content (AvgIpc) is 4.09. The highest BCUT2D eigenvalue weighted by atomic mass is 14.8. The van der Waals surface area contributed by atoms with Gasteiger partial charge in [-0.05, 0) is 117 Å². The van der Waals surface area contributed by atoms with Crippen LogP contribution in [0.1, 0.15) is 49.9 Å². The molecular formula is C60H46N4. The molecule has 64 heavy (non-hydrogen) atoms. The fraction of sp³-hybridized carbons (Fsp3) is 0.133. The number of aryl methyl sites for hydroxylation is 4. The molecule has 0 unspecified atom stereocenters. The summed E-state index contributed by atoms with van der Waals surface area (Å²) in [5, 5.41) is 14.6. The summed E-state index contributed by atoms with van der Waals surface area (Å²) in [6, 6.07) is 54.2. The van der Waals surface area contributed by atoms with E-state index >= 15 is 0 Å². The van der Waals surface area contributed by atoms with Crippen molar-refractivity contribution in [3.05, 3.63) is 168 Å². The second-order valence-corrected chi connectivity index (χ2v) is 17.7. The summed E-state index contributed by atoms with van der Waals surface area (Å²) in [7, 11) is 0. The Morgan fingerprint density at radius 3 is 0.703 bits per heavy atom. The standard InChI is InChI=1S/C60H46N4/c1-5-41-53-45-25-33-17-9-11-19-35(33)27-47(45)55(61-53)42(6-2)57-49-29-37-21-13-15-23-39(37)31-51(49)59(63-57)44(8-4)60-52-32-40-24-16-14-22-38(40)30-50(52)58(64-60)43(7-3)56-48-28-36-20-12-10-18-34(36)26-46(48)54(41)62-56/h9-32,61,64H,5-8H2,1-4H3. The molecule has 0 spiro atoms. The third-order valence-electron chi connectivity index (χ3n) is 14.4. The molecule has 2 aliphatic heterocycles. The third-order valence-corrected chi connectivity index (χ3v) is 14.4. The van der Waals surface area contributed by atoms with Crippen molar-refractivity contribution in [2.24, 2.45) is 0 Å². The van der Waals surface area contributed by atoms with Crippen molar-refractivity contribution < 1.29 is 0 Å². The number of benzene rings is 8. The monoisotopic (exact) mass is 822 g/mol. The first kappa shape index (κ1) is 37.0. The lowest BCUT2D eigenvalue weighted by molar-refractivity contribution is 1.11. The van der Waals surface area contributed by atoms with E-state index < -0.39 is 0 Å². The number of aromatic amines is 2. The van der Waals surface area contributed by atoms with Crippen LogP contribution in [0.2, 0.25) is 0 Å². The van der Waals surface area contributed by atoms with Gasteiger partial charge in [0, 0.05) is 66.1 Å². The summed E-state index contributed by atoms with van der Waals surface area (Å²) < 4.78 is 0. The van der Waals surface area contributed by atoms with Crippen LogP contribution in [0.25, 0.3) is 132 Å². The minimum Gasteiger partial charge on any atom is -0.354 e.